The van der Waals surface area contributed by atoms with Gasteiger partial charge in [0.2, 0.25) is 23.6 Å². The molecule has 1 saturated carbocycles. The Morgan fingerprint density at radius 1 is 1.03 bits per heavy atom. The van der Waals surface area contributed by atoms with Gasteiger partial charge in [-0.2, -0.15) is 0 Å². The van der Waals surface area contributed by atoms with Gasteiger partial charge in [0.05, 0.1) is 31.1 Å². The van der Waals surface area contributed by atoms with Crippen LogP contribution in [0.1, 0.15) is 51.4 Å². The third-order valence-corrected chi connectivity index (χ3v) is 6.19. The molecule has 11 N–H and O–H groups in total. The molecule has 0 aromatic heterocycles. The van der Waals surface area contributed by atoms with Crippen LogP contribution in [0.15, 0.2) is 0 Å². The lowest BCUT2D eigenvalue weighted by Crippen LogP contribution is -2.66. The van der Waals surface area contributed by atoms with E-state index >= 15 is 0 Å². The number of aliphatic hydroxyl groups excluding tert-OH is 1. The zero-order valence-corrected chi connectivity index (χ0v) is 20.0. The number of hydrogen-bond acceptors (Lipinski definition) is 8. The summed E-state index contributed by atoms with van der Waals surface area (Å²) in [6.07, 6.45) is 1.79. The predicted octanol–water partition coefficient (Wildman–Crippen LogP) is -3.45. The second-order valence-corrected chi connectivity index (χ2v) is 9.02. The number of guanidine groups is 1. The first-order valence-corrected chi connectivity index (χ1v) is 11.9. The van der Waals surface area contributed by atoms with Crippen molar-refractivity contribution in [3.8, 4) is 0 Å². The largest absolute Gasteiger partial charge is 0.481 e. The van der Waals surface area contributed by atoms with Crippen LogP contribution in [-0.2, 0) is 24.0 Å². The van der Waals surface area contributed by atoms with Gasteiger partial charge < -0.3 is 42.5 Å². The van der Waals surface area contributed by atoms with E-state index in [0.717, 1.165) is 19.3 Å². The fourth-order valence-electron chi connectivity index (χ4n) is 4.35. The lowest BCUT2D eigenvalue weighted by molar-refractivity contribution is -0.140. The SMILES string of the molecule is N=C(N)NCCC[C@@H]1NC(O)C2(CCCCC2)NC(=O)CNC(=O)[C@H](CC(=O)O)NC(=O)CNC1=O. The first-order chi connectivity index (χ1) is 17.0. The molecule has 15 nitrogen and oxygen atoms in total. The van der Waals surface area contributed by atoms with Gasteiger partial charge in [-0.3, -0.25) is 34.7 Å². The van der Waals surface area contributed by atoms with Gasteiger partial charge in [-0.05, 0) is 25.7 Å². The van der Waals surface area contributed by atoms with Gasteiger partial charge in [-0.25, -0.2) is 0 Å². The predicted molar refractivity (Wildman–Crippen MR) is 126 cm³/mol. The summed E-state index contributed by atoms with van der Waals surface area (Å²) in [6, 6.07) is -2.41. The van der Waals surface area contributed by atoms with Gasteiger partial charge in [-0.1, -0.05) is 19.3 Å². The van der Waals surface area contributed by atoms with E-state index < -0.39 is 73.0 Å². The quantitative estimate of drug-likeness (QED) is 0.0957. The molecular formula is C21H36N8O7. The smallest absolute Gasteiger partial charge is 0.305 e. The molecule has 1 aliphatic carbocycles. The third-order valence-electron chi connectivity index (χ3n) is 6.19. The second-order valence-electron chi connectivity index (χ2n) is 9.02. The fourth-order valence-corrected chi connectivity index (χ4v) is 4.35. The molecule has 15 heteroatoms. The molecule has 2 aliphatic rings. The monoisotopic (exact) mass is 512 g/mol. The van der Waals surface area contributed by atoms with Gasteiger partial charge in [0, 0.05) is 6.54 Å². The first kappa shape index (κ1) is 28.8. The number of nitrogens with one attached hydrogen (secondary N) is 7. The average molecular weight is 513 g/mol. The molecule has 0 radical (unpaired) electrons. The van der Waals surface area contributed by atoms with Crippen LogP contribution in [0.2, 0.25) is 0 Å². The summed E-state index contributed by atoms with van der Waals surface area (Å²) in [5.74, 6) is -4.45. The van der Waals surface area contributed by atoms with Crippen LogP contribution < -0.4 is 37.6 Å². The van der Waals surface area contributed by atoms with Crippen molar-refractivity contribution in [3.05, 3.63) is 0 Å². The Bertz CT molecular complexity index is 846. The van der Waals surface area contributed by atoms with Gasteiger partial charge in [-0.15, -0.1) is 0 Å². The van der Waals surface area contributed by atoms with E-state index in [9.17, 15) is 29.1 Å². The third kappa shape index (κ3) is 8.96. The Labute approximate surface area is 208 Å². The number of carboxylic acid groups (broad SMARTS) is 1. The van der Waals surface area contributed by atoms with Crippen LogP contribution >= 0.6 is 0 Å². The lowest BCUT2D eigenvalue weighted by atomic mass is 9.79. The van der Waals surface area contributed by atoms with Crippen molar-refractivity contribution in [1.82, 2.24) is 31.9 Å². The Balaban J connectivity index is 2.27. The fraction of sp³-hybridized carbons (Fsp3) is 0.714. The number of rotatable bonds is 6. The van der Waals surface area contributed by atoms with Crippen LogP contribution in [0.25, 0.3) is 0 Å². The van der Waals surface area contributed by atoms with E-state index in [1.54, 1.807) is 0 Å². The van der Waals surface area contributed by atoms with Crippen molar-refractivity contribution in [2.75, 3.05) is 19.6 Å². The number of aliphatic carboxylic acids is 1. The van der Waals surface area contributed by atoms with Crippen LogP contribution in [0.3, 0.4) is 0 Å². The summed E-state index contributed by atoms with van der Waals surface area (Å²) in [6.45, 7) is -0.731. The number of carbonyl (C=O) groups excluding carboxylic acids is 4. The van der Waals surface area contributed by atoms with Crippen LogP contribution in [0.5, 0.6) is 0 Å². The second kappa shape index (κ2) is 13.6. The summed E-state index contributed by atoms with van der Waals surface area (Å²) in [7, 11) is 0. The topological polar surface area (TPSA) is 248 Å². The molecule has 0 aromatic rings. The summed E-state index contributed by atoms with van der Waals surface area (Å²) in [4.78, 5) is 61.6. The van der Waals surface area contributed by atoms with E-state index in [2.05, 4.69) is 31.9 Å². The molecule has 36 heavy (non-hydrogen) atoms. The molecule has 3 atom stereocenters. The molecule has 1 heterocycles. The maximum absolute atomic E-state index is 12.9. The molecule has 1 saturated heterocycles. The summed E-state index contributed by atoms with van der Waals surface area (Å²) in [5, 5.41) is 42.8. The Hall–Kier alpha value is -3.46. The normalized spacial score (nSPS) is 25.9. The standard InChI is InChI=1S/C21H36N8O7/c22-20(23)24-8-4-5-12-17(34)25-10-14(30)27-13(9-16(32)33)18(35)26-11-15(31)29-21(19(36)28-12)6-2-1-3-7-21/h12-13,19,28,36H,1-11H2,(H,25,34)(H,26,35)(H,27,30)(H,29,31)(H,32,33)(H4,22,23,24)/t12-,13-,19?/m0/s1. The van der Waals surface area contributed by atoms with E-state index in [-0.39, 0.29) is 12.4 Å². The zero-order chi connectivity index (χ0) is 26.7. The summed E-state index contributed by atoms with van der Waals surface area (Å²) >= 11 is 0. The number of hydrogen-bond donors (Lipinski definition) is 10. The number of amides is 4. The molecule has 1 spiro atoms. The van der Waals surface area contributed by atoms with E-state index in [4.69, 9.17) is 16.2 Å². The van der Waals surface area contributed by atoms with Gasteiger partial charge in [0.25, 0.3) is 0 Å². The molecule has 1 aliphatic heterocycles. The molecule has 1 unspecified atom stereocenters. The van der Waals surface area contributed by atoms with E-state index in [1.807, 2.05) is 0 Å². The van der Waals surface area contributed by atoms with Crippen molar-refractivity contribution in [1.29, 1.82) is 5.41 Å². The molecule has 0 aromatic carbocycles. The summed E-state index contributed by atoms with van der Waals surface area (Å²) < 4.78 is 0. The number of carboxylic acids is 1. The molecule has 2 fully saturated rings. The Morgan fingerprint density at radius 3 is 2.25 bits per heavy atom. The highest BCUT2D eigenvalue weighted by Crippen LogP contribution is 2.31. The van der Waals surface area contributed by atoms with Crippen molar-refractivity contribution >= 4 is 35.6 Å². The molecular weight excluding hydrogens is 476 g/mol. The lowest BCUT2D eigenvalue weighted by Gasteiger charge is -2.43. The highest BCUT2D eigenvalue weighted by atomic mass is 16.4. The van der Waals surface area contributed by atoms with Crippen molar-refractivity contribution in [2.45, 2.75) is 75.2 Å². The number of nitrogens with two attached hydrogens (primary N) is 1. The van der Waals surface area contributed by atoms with Gasteiger partial charge in [0.15, 0.2) is 5.96 Å². The number of aliphatic hydroxyl groups is 1. The minimum atomic E-state index is -1.45. The Kier molecular flexibility index (Phi) is 10.9. The van der Waals surface area contributed by atoms with Gasteiger partial charge in [0.1, 0.15) is 12.3 Å². The van der Waals surface area contributed by atoms with Crippen LogP contribution in [0.4, 0.5) is 0 Å². The van der Waals surface area contributed by atoms with E-state index in [0.29, 0.717) is 25.8 Å². The summed E-state index contributed by atoms with van der Waals surface area (Å²) in [5.41, 5.74) is 4.18. The van der Waals surface area contributed by atoms with E-state index in [1.165, 1.54) is 0 Å². The highest BCUT2D eigenvalue weighted by molar-refractivity contribution is 5.94. The van der Waals surface area contributed by atoms with Gasteiger partial charge >= 0.3 is 5.97 Å². The highest BCUT2D eigenvalue weighted by Gasteiger charge is 2.42. The number of carbonyl (C=O) groups is 5. The zero-order valence-electron chi connectivity index (χ0n) is 20.0. The first-order valence-electron chi connectivity index (χ1n) is 11.9. The van der Waals surface area contributed by atoms with Crippen molar-refractivity contribution in [3.63, 3.8) is 0 Å². The maximum Gasteiger partial charge on any atom is 0.305 e. The minimum absolute atomic E-state index is 0.205. The van der Waals surface area contributed by atoms with Crippen molar-refractivity contribution < 1.29 is 34.2 Å². The molecule has 0 bridgehead atoms. The average Bonchev–Trinajstić information content (AvgIpc) is 2.82. The molecule has 2 rings (SSSR count). The van der Waals surface area contributed by atoms with Crippen LogP contribution in [-0.4, -0.2) is 89.3 Å². The molecule has 202 valence electrons. The Morgan fingerprint density at radius 2 is 1.64 bits per heavy atom. The molecule has 4 amide bonds. The van der Waals surface area contributed by atoms with Crippen molar-refractivity contribution in [2.24, 2.45) is 5.73 Å². The minimum Gasteiger partial charge on any atom is -0.481 e. The van der Waals surface area contributed by atoms with Crippen LogP contribution in [0, 0.1) is 5.41 Å². The maximum atomic E-state index is 12.9.